The SMILES string of the molecule is COC(=O)c1c(-c2ccccc2)oc(-c2ccccc2Cl)cc1=O. The summed E-state index contributed by atoms with van der Waals surface area (Å²) in [4.78, 5) is 24.6. The first-order chi connectivity index (χ1) is 11.6. The third kappa shape index (κ3) is 2.96. The van der Waals surface area contributed by atoms with Gasteiger partial charge in [0.15, 0.2) is 11.3 Å². The van der Waals surface area contributed by atoms with Crippen molar-refractivity contribution in [2.24, 2.45) is 0 Å². The highest BCUT2D eigenvalue weighted by atomic mass is 35.5. The molecule has 1 heterocycles. The van der Waals surface area contributed by atoms with Crippen molar-refractivity contribution in [2.45, 2.75) is 0 Å². The molecule has 0 unspecified atom stereocenters. The zero-order valence-corrected chi connectivity index (χ0v) is 13.5. The number of halogens is 1. The molecule has 0 aliphatic rings. The smallest absolute Gasteiger partial charge is 0.345 e. The van der Waals surface area contributed by atoms with E-state index in [1.54, 1.807) is 48.5 Å². The lowest BCUT2D eigenvalue weighted by Crippen LogP contribution is -2.17. The van der Waals surface area contributed by atoms with Crippen LogP contribution in [0.3, 0.4) is 0 Å². The van der Waals surface area contributed by atoms with Crippen LogP contribution in [0, 0.1) is 0 Å². The van der Waals surface area contributed by atoms with Crippen LogP contribution in [0.2, 0.25) is 5.02 Å². The lowest BCUT2D eigenvalue weighted by Gasteiger charge is -2.10. The predicted molar refractivity (Wildman–Crippen MR) is 92.2 cm³/mol. The fraction of sp³-hybridized carbons (Fsp3) is 0.0526. The molecule has 3 rings (SSSR count). The van der Waals surface area contributed by atoms with Gasteiger partial charge in [0.25, 0.3) is 0 Å². The minimum atomic E-state index is -0.742. The van der Waals surface area contributed by atoms with Crippen LogP contribution in [0.4, 0.5) is 0 Å². The van der Waals surface area contributed by atoms with Gasteiger partial charge in [-0.3, -0.25) is 4.79 Å². The normalized spacial score (nSPS) is 10.4. The summed E-state index contributed by atoms with van der Waals surface area (Å²) in [5.41, 5.74) is 0.551. The fourth-order valence-electron chi connectivity index (χ4n) is 2.38. The van der Waals surface area contributed by atoms with E-state index in [0.717, 1.165) is 0 Å². The van der Waals surface area contributed by atoms with Crippen LogP contribution >= 0.6 is 11.6 Å². The van der Waals surface area contributed by atoms with E-state index in [4.69, 9.17) is 20.8 Å². The van der Waals surface area contributed by atoms with Gasteiger partial charge in [0.2, 0.25) is 5.43 Å². The Morgan fingerprint density at radius 2 is 1.71 bits per heavy atom. The minimum Gasteiger partial charge on any atom is -0.465 e. The van der Waals surface area contributed by atoms with E-state index in [2.05, 4.69) is 0 Å². The number of ether oxygens (including phenoxy) is 1. The average molecular weight is 341 g/mol. The molecule has 0 spiro atoms. The van der Waals surface area contributed by atoms with Gasteiger partial charge < -0.3 is 9.15 Å². The molecule has 24 heavy (non-hydrogen) atoms. The van der Waals surface area contributed by atoms with Crippen LogP contribution in [0.5, 0.6) is 0 Å². The van der Waals surface area contributed by atoms with Crippen molar-refractivity contribution in [1.82, 2.24) is 0 Å². The van der Waals surface area contributed by atoms with E-state index in [1.165, 1.54) is 13.2 Å². The molecule has 0 N–H and O–H groups in total. The van der Waals surface area contributed by atoms with Crippen molar-refractivity contribution >= 4 is 17.6 Å². The minimum absolute atomic E-state index is 0.139. The molecule has 2 aromatic carbocycles. The molecule has 0 aliphatic carbocycles. The molecule has 4 nitrogen and oxygen atoms in total. The number of carbonyl (C=O) groups excluding carboxylic acids is 1. The number of hydrogen-bond donors (Lipinski definition) is 0. The topological polar surface area (TPSA) is 56.5 Å². The summed E-state index contributed by atoms with van der Waals surface area (Å²) in [6.07, 6.45) is 0. The standard InChI is InChI=1S/C19H13ClO4/c1-23-19(22)17-15(21)11-16(13-9-5-6-10-14(13)20)24-18(17)12-7-3-2-4-8-12/h2-11H,1H3. The zero-order chi connectivity index (χ0) is 17.1. The summed E-state index contributed by atoms with van der Waals surface area (Å²) in [6.45, 7) is 0. The van der Waals surface area contributed by atoms with E-state index in [9.17, 15) is 9.59 Å². The Morgan fingerprint density at radius 1 is 1.04 bits per heavy atom. The van der Waals surface area contributed by atoms with Gasteiger partial charge >= 0.3 is 5.97 Å². The number of carbonyl (C=O) groups is 1. The molecular weight excluding hydrogens is 328 g/mol. The molecule has 0 saturated carbocycles. The number of benzene rings is 2. The quantitative estimate of drug-likeness (QED) is 0.662. The van der Waals surface area contributed by atoms with Gasteiger partial charge in [0, 0.05) is 17.2 Å². The summed E-state index contributed by atoms with van der Waals surface area (Å²) >= 11 is 6.19. The summed E-state index contributed by atoms with van der Waals surface area (Å²) in [7, 11) is 1.22. The van der Waals surface area contributed by atoms with Crippen molar-refractivity contribution < 1.29 is 13.9 Å². The summed E-state index contributed by atoms with van der Waals surface area (Å²) < 4.78 is 10.6. The van der Waals surface area contributed by atoms with Crippen LogP contribution in [-0.2, 0) is 4.74 Å². The van der Waals surface area contributed by atoms with Crippen LogP contribution in [0.1, 0.15) is 10.4 Å². The Balaban J connectivity index is 2.30. The van der Waals surface area contributed by atoms with Gasteiger partial charge in [0.1, 0.15) is 5.76 Å². The fourth-order valence-corrected chi connectivity index (χ4v) is 2.60. The highest BCUT2D eigenvalue weighted by Crippen LogP contribution is 2.31. The molecule has 0 fully saturated rings. The largest absolute Gasteiger partial charge is 0.465 e. The zero-order valence-electron chi connectivity index (χ0n) is 12.8. The van der Waals surface area contributed by atoms with Gasteiger partial charge in [-0.25, -0.2) is 4.79 Å². The Morgan fingerprint density at radius 3 is 2.38 bits per heavy atom. The van der Waals surface area contributed by atoms with Crippen molar-refractivity contribution in [2.75, 3.05) is 7.11 Å². The molecule has 3 aromatic rings. The van der Waals surface area contributed by atoms with E-state index < -0.39 is 11.4 Å². The van der Waals surface area contributed by atoms with Crippen LogP contribution in [-0.4, -0.2) is 13.1 Å². The summed E-state index contributed by atoms with van der Waals surface area (Å²) in [5, 5.41) is 0.450. The molecule has 0 aliphatic heterocycles. The van der Waals surface area contributed by atoms with Crippen LogP contribution in [0.15, 0.2) is 69.9 Å². The monoisotopic (exact) mass is 340 g/mol. The maximum Gasteiger partial charge on any atom is 0.345 e. The van der Waals surface area contributed by atoms with Gasteiger partial charge in [-0.2, -0.15) is 0 Å². The highest BCUT2D eigenvalue weighted by molar-refractivity contribution is 6.33. The first kappa shape index (κ1) is 16.0. The second-order valence-corrected chi connectivity index (χ2v) is 5.42. The molecule has 0 saturated heterocycles. The van der Waals surface area contributed by atoms with Gasteiger partial charge in [-0.15, -0.1) is 0 Å². The molecular formula is C19H13ClO4. The third-order valence-electron chi connectivity index (χ3n) is 3.51. The first-order valence-electron chi connectivity index (χ1n) is 7.18. The Labute approximate surface area is 143 Å². The van der Waals surface area contributed by atoms with Gasteiger partial charge in [-0.05, 0) is 12.1 Å². The van der Waals surface area contributed by atoms with Crippen LogP contribution < -0.4 is 5.43 Å². The molecule has 0 bridgehead atoms. The number of rotatable bonds is 3. The number of esters is 1. The maximum atomic E-state index is 12.5. The number of methoxy groups -OCH3 is 1. The molecule has 0 amide bonds. The molecule has 0 radical (unpaired) electrons. The molecule has 0 atom stereocenters. The Bertz CT molecular complexity index is 945. The van der Waals surface area contributed by atoms with Crippen LogP contribution in [0.25, 0.3) is 22.6 Å². The Kier molecular flexibility index (Phi) is 4.49. The van der Waals surface area contributed by atoms with Crippen molar-refractivity contribution in [3.8, 4) is 22.6 Å². The predicted octanol–water partition coefficient (Wildman–Crippen LogP) is 4.41. The maximum absolute atomic E-state index is 12.5. The van der Waals surface area contributed by atoms with E-state index in [-0.39, 0.29) is 17.1 Å². The van der Waals surface area contributed by atoms with E-state index >= 15 is 0 Å². The second-order valence-electron chi connectivity index (χ2n) is 5.02. The highest BCUT2D eigenvalue weighted by Gasteiger charge is 2.22. The average Bonchev–Trinajstić information content (AvgIpc) is 2.61. The first-order valence-corrected chi connectivity index (χ1v) is 7.56. The van der Waals surface area contributed by atoms with Crippen molar-refractivity contribution in [3.05, 3.63) is 81.5 Å². The van der Waals surface area contributed by atoms with Gasteiger partial charge in [-0.1, -0.05) is 54.1 Å². The lowest BCUT2D eigenvalue weighted by atomic mass is 10.1. The molecule has 5 heteroatoms. The van der Waals surface area contributed by atoms with Crippen molar-refractivity contribution in [1.29, 1.82) is 0 Å². The van der Waals surface area contributed by atoms with E-state index in [1.807, 2.05) is 6.07 Å². The second kappa shape index (κ2) is 6.72. The third-order valence-corrected chi connectivity index (χ3v) is 3.84. The summed E-state index contributed by atoms with van der Waals surface area (Å²) in [5.74, 6) is -0.296. The van der Waals surface area contributed by atoms with Gasteiger partial charge in [0.05, 0.1) is 12.1 Å². The Hall–Kier alpha value is -2.85. The van der Waals surface area contributed by atoms with Crippen molar-refractivity contribution in [3.63, 3.8) is 0 Å². The lowest BCUT2D eigenvalue weighted by molar-refractivity contribution is 0.0598. The number of hydrogen-bond acceptors (Lipinski definition) is 4. The molecule has 1 aromatic heterocycles. The molecule has 120 valence electrons. The summed E-state index contributed by atoms with van der Waals surface area (Å²) in [6, 6.07) is 17.2. The van der Waals surface area contributed by atoms with E-state index in [0.29, 0.717) is 16.1 Å².